The molecule has 0 fully saturated rings. The van der Waals surface area contributed by atoms with Gasteiger partial charge in [-0.25, -0.2) is 4.39 Å². The van der Waals surface area contributed by atoms with Crippen molar-refractivity contribution in [1.82, 2.24) is 0 Å². The van der Waals surface area contributed by atoms with Crippen molar-refractivity contribution in [3.05, 3.63) is 57.8 Å². The van der Waals surface area contributed by atoms with Crippen LogP contribution in [0.1, 0.15) is 11.1 Å². The fourth-order valence-corrected chi connectivity index (χ4v) is 2.10. The molecule has 98 valence electrons. The highest BCUT2D eigenvalue weighted by atomic mass is 79.9. The third-order valence-electron chi connectivity index (χ3n) is 2.52. The van der Waals surface area contributed by atoms with Gasteiger partial charge in [0, 0.05) is 4.47 Å². The lowest BCUT2D eigenvalue weighted by atomic mass is 10.2. The first kappa shape index (κ1) is 14.0. The van der Waals surface area contributed by atoms with E-state index in [4.69, 9.17) is 22.7 Å². The summed E-state index contributed by atoms with van der Waals surface area (Å²) in [5.41, 5.74) is 7.10. The van der Waals surface area contributed by atoms with Crippen LogP contribution in [-0.4, -0.2) is 4.99 Å². The topological polar surface area (TPSA) is 35.2 Å². The van der Waals surface area contributed by atoms with Crippen molar-refractivity contribution in [2.75, 3.05) is 0 Å². The Kier molecular flexibility index (Phi) is 4.17. The highest BCUT2D eigenvalue weighted by Gasteiger charge is 2.11. The van der Waals surface area contributed by atoms with Gasteiger partial charge in [0.25, 0.3) is 0 Å². The number of aryl methyl sites for hydroxylation is 1. The molecule has 5 heteroatoms. The van der Waals surface area contributed by atoms with Gasteiger partial charge in [0.2, 0.25) is 0 Å². The average molecular weight is 340 g/mol. The van der Waals surface area contributed by atoms with Crippen LogP contribution < -0.4 is 10.5 Å². The molecule has 0 saturated heterocycles. The number of thiocarbonyl (C=S) groups is 1. The molecule has 0 radical (unpaired) electrons. The third kappa shape index (κ3) is 3.30. The molecule has 0 aliphatic rings. The Morgan fingerprint density at radius 3 is 2.63 bits per heavy atom. The number of ether oxygens (including phenoxy) is 1. The second-order valence-corrected chi connectivity index (χ2v) is 5.40. The van der Waals surface area contributed by atoms with Crippen molar-refractivity contribution < 1.29 is 9.13 Å². The van der Waals surface area contributed by atoms with Crippen LogP contribution in [0.5, 0.6) is 11.5 Å². The normalized spacial score (nSPS) is 10.3. The summed E-state index contributed by atoms with van der Waals surface area (Å²) in [7, 11) is 0. The largest absolute Gasteiger partial charge is 0.453 e. The molecular formula is C14H11BrFNOS. The lowest BCUT2D eigenvalue weighted by Crippen LogP contribution is -2.10. The van der Waals surface area contributed by atoms with Gasteiger partial charge in [-0.2, -0.15) is 0 Å². The molecule has 0 amide bonds. The molecule has 2 nitrogen and oxygen atoms in total. The maximum Gasteiger partial charge on any atom is 0.165 e. The van der Waals surface area contributed by atoms with Crippen molar-refractivity contribution in [3.63, 3.8) is 0 Å². The Bertz CT molecular complexity index is 645. The van der Waals surface area contributed by atoms with Crippen molar-refractivity contribution in [2.45, 2.75) is 6.92 Å². The maximum absolute atomic E-state index is 13.7. The molecule has 0 spiro atoms. The van der Waals surface area contributed by atoms with Gasteiger partial charge in [0.05, 0.1) is 5.56 Å². The Labute approximate surface area is 124 Å². The minimum atomic E-state index is -0.431. The third-order valence-corrected chi connectivity index (χ3v) is 3.23. The van der Waals surface area contributed by atoms with Gasteiger partial charge in [0.1, 0.15) is 10.7 Å². The SMILES string of the molecule is Cc1ccc(F)c(Oc2cc(Br)ccc2C(N)=S)c1. The van der Waals surface area contributed by atoms with Crippen molar-refractivity contribution in [1.29, 1.82) is 0 Å². The van der Waals surface area contributed by atoms with Crippen molar-refractivity contribution in [2.24, 2.45) is 5.73 Å². The van der Waals surface area contributed by atoms with E-state index in [0.717, 1.165) is 10.0 Å². The molecular weight excluding hydrogens is 329 g/mol. The summed E-state index contributed by atoms with van der Waals surface area (Å²) in [5, 5.41) is 0. The quantitative estimate of drug-likeness (QED) is 0.845. The molecule has 0 atom stereocenters. The van der Waals surface area contributed by atoms with Crippen LogP contribution in [0.4, 0.5) is 4.39 Å². The number of hydrogen-bond donors (Lipinski definition) is 1. The minimum absolute atomic E-state index is 0.149. The van der Waals surface area contributed by atoms with Crippen LogP contribution in [-0.2, 0) is 0 Å². The molecule has 0 bridgehead atoms. The standard InChI is InChI=1S/C14H11BrFNOS/c1-8-2-5-11(16)13(6-8)18-12-7-9(15)3-4-10(12)14(17)19/h2-7H,1H3,(H2,17,19). The van der Waals surface area contributed by atoms with E-state index in [1.807, 2.05) is 6.92 Å². The van der Waals surface area contributed by atoms with Crippen LogP contribution in [0.2, 0.25) is 0 Å². The number of rotatable bonds is 3. The summed E-state index contributed by atoms with van der Waals surface area (Å²) in [6, 6.07) is 9.90. The van der Waals surface area contributed by atoms with Gasteiger partial charge in [0.15, 0.2) is 11.6 Å². The van der Waals surface area contributed by atoms with Crippen LogP contribution in [0, 0.1) is 12.7 Å². The fourth-order valence-electron chi connectivity index (χ4n) is 1.59. The van der Waals surface area contributed by atoms with Gasteiger partial charge >= 0.3 is 0 Å². The van der Waals surface area contributed by atoms with Crippen LogP contribution in [0.3, 0.4) is 0 Å². The molecule has 0 aliphatic heterocycles. The van der Waals surface area contributed by atoms with Crippen molar-refractivity contribution >= 4 is 33.1 Å². The molecule has 0 heterocycles. The molecule has 0 aromatic heterocycles. The Morgan fingerprint density at radius 1 is 1.21 bits per heavy atom. The smallest absolute Gasteiger partial charge is 0.165 e. The number of hydrogen-bond acceptors (Lipinski definition) is 2. The zero-order valence-corrected chi connectivity index (χ0v) is 12.5. The maximum atomic E-state index is 13.7. The molecule has 19 heavy (non-hydrogen) atoms. The van der Waals surface area contributed by atoms with Gasteiger partial charge in [-0.05, 0) is 42.8 Å². The number of benzene rings is 2. The fraction of sp³-hybridized carbons (Fsp3) is 0.0714. The summed E-state index contributed by atoms with van der Waals surface area (Å²) in [6.45, 7) is 1.86. The van der Waals surface area contributed by atoms with Gasteiger partial charge in [-0.3, -0.25) is 0 Å². The summed E-state index contributed by atoms with van der Waals surface area (Å²) in [6.07, 6.45) is 0. The number of nitrogens with two attached hydrogens (primary N) is 1. The molecule has 0 saturated carbocycles. The first-order valence-electron chi connectivity index (χ1n) is 5.51. The Morgan fingerprint density at radius 2 is 1.95 bits per heavy atom. The first-order chi connectivity index (χ1) is 8.97. The van der Waals surface area contributed by atoms with E-state index in [-0.39, 0.29) is 10.7 Å². The molecule has 2 rings (SSSR count). The van der Waals surface area contributed by atoms with Crippen molar-refractivity contribution in [3.8, 4) is 11.5 Å². The Balaban J connectivity index is 2.45. The predicted octanol–water partition coefficient (Wildman–Crippen LogP) is 4.32. The second kappa shape index (κ2) is 5.67. The van der Waals surface area contributed by atoms with E-state index in [1.54, 1.807) is 30.3 Å². The monoisotopic (exact) mass is 339 g/mol. The summed E-state index contributed by atoms with van der Waals surface area (Å²) < 4.78 is 20.1. The molecule has 2 N–H and O–H groups in total. The van der Waals surface area contributed by atoms with E-state index >= 15 is 0 Å². The van der Waals surface area contributed by atoms with Gasteiger partial charge < -0.3 is 10.5 Å². The summed E-state index contributed by atoms with van der Waals surface area (Å²) >= 11 is 8.29. The zero-order chi connectivity index (χ0) is 14.0. The van der Waals surface area contributed by atoms with Crippen LogP contribution >= 0.6 is 28.1 Å². The predicted molar refractivity (Wildman–Crippen MR) is 81.2 cm³/mol. The highest BCUT2D eigenvalue weighted by molar-refractivity contribution is 9.10. The molecule has 2 aromatic carbocycles. The summed E-state index contributed by atoms with van der Waals surface area (Å²) in [4.78, 5) is 0.204. The average Bonchev–Trinajstić information content (AvgIpc) is 2.33. The van der Waals surface area contributed by atoms with E-state index in [0.29, 0.717) is 11.3 Å². The van der Waals surface area contributed by atoms with E-state index < -0.39 is 5.82 Å². The van der Waals surface area contributed by atoms with Crippen LogP contribution in [0.25, 0.3) is 0 Å². The minimum Gasteiger partial charge on any atom is -0.453 e. The lowest BCUT2D eigenvalue weighted by Gasteiger charge is -2.12. The number of halogens is 2. The molecule has 2 aromatic rings. The first-order valence-corrected chi connectivity index (χ1v) is 6.71. The van der Waals surface area contributed by atoms with Gasteiger partial charge in [-0.1, -0.05) is 34.2 Å². The van der Waals surface area contributed by atoms with E-state index in [9.17, 15) is 4.39 Å². The molecule has 0 unspecified atom stereocenters. The Hall–Kier alpha value is -1.46. The molecule has 0 aliphatic carbocycles. The zero-order valence-electron chi connectivity index (χ0n) is 10.1. The van der Waals surface area contributed by atoms with Gasteiger partial charge in [-0.15, -0.1) is 0 Å². The second-order valence-electron chi connectivity index (χ2n) is 4.04. The highest BCUT2D eigenvalue weighted by Crippen LogP contribution is 2.30. The lowest BCUT2D eigenvalue weighted by molar-refractivity contribution is 0.441. The summed E-state index contributed by atoms with van der Waals surface area (Å²) in [5.74, 6) is 0.140. The van der Waals surface area contributed by atoms with E-state index in [2.05, 4.69) is 15.9 Å². The van der Waals surface area contributed by atoms with E-state index in [1.165, 1.54) is 6.07 Å². The van der Waals surface area contributed by atoms with Crippen LogP contribution in [0.15, 0.2) is 40.9 Å².